The van der Waals surface area contributed by atoms with Crippen LogP contribution in [0.3, 0.4) is 0 Å². The zero-order chi connectivity index (χ0) is 11.8. The van der Waals surface area contributed by atoms with Crippen LogP contribution < -0.4 is 0 Å². The van der Waals surface area contributed by atoms with E-state index in [9.17, 15) is 0 Å². The number of fused-ring (bicyclic) bond motifs is 1. The first-order valence-corrected chi connectivity index (χ1v) is 6.52. The van der Waals surface area contributed by atoms with Crippen molar-refractivity contribution in [2.45, 2.75) is 19.9 Å². The number of rotatable bonds is 2. The van der Waals surface area contributed by atoms with Crippen LogP contribution in [0.4, 0.5) is 0 Å². The Bertz CT molecular complexity index is 638. The number of hydrogen-bond acceptors (Lipinski definition) is 3. The second kappa shape index (κ2) is 3.96. The van der Waals surface area contributed by atoms with E-state index in [1.165, 1.54) is 4.88 Å². The Morgan fingerprint density at radius 1 is 1.24 bits per heavy atom. The normalized spacial score (nSPS) is 11.5. The minimum absolute atomic E-state index is 0.354. The smallest absolute Gasteiger partial charge is 0.160 e. The van der Waals surface area contributed by atoms with E-state index in [0.717, 1.165) is 17.0 Å². The van der Waals surface area contributed by atoms with Crippen molar-refractivity contribution in [1.82, 2.24) is 14.5 Å². The summed E-state index contributed by atoms with van der Waals surface area (Å²) in [4.78, 5) is 10.3. The molecule has 0 saturated carbocycles. The molecule has 86 valence electrons. The van der Waals surface area contributed by atoms with Crippen molar-refractivity contribution in [3.8, 4) is 10.7 Å². The van der Waals surface area contributed by atoms with Crippen LogP contribution in [0.25, 0.3) is 21.9 Å². The molecule has 17 heavy (non-hydrogen) atoms. The lowest BCUT2D eigenvalue weighted by molar-refractivity contribution is 0.620. The second-order valence-electron chi connectivity index (χ2n) is 4.22. The number of aromatic nitrogens is 3. The van der Waals surface area contributed by atoms with Crippen LogP contribution in [0.5, 0.6) is 0 Å². The van der Waals surface area contributed by atoms with Gasteiger partial charge >= 0.3 is 0 Å². The van der Waals surface area contributed by atoms with Crippen LogP contribution in [-0.4, -0.2) is 14.5 Å². The van der Waals surface area contributed by atoms with E-state index in [4.69, 9.17) is 0 Å². The third-order valence-electron chi connectivity index (χ3n) is 2.71. The van der Waals surface area contributed by atoms with Crippen molar-refractivity contribution in [2.24, 2.45) is 0 Å². The van der Waals surface area contributed by atoms with Crippen LogP contribution in [0, 0.1) is 0 Å². The summed E-state index contributed by atoms with van der Waals surface area (Å²) in [6.45, 7) is 4.32. The molecule has 0 aliphatic carbocycles. The maximum absolute atomic E-state index is 4.69. The van der Waals surface area contributed by atoms with Gasteiger partial charge in [0.2, 0.25) is 0 Å². The van der Waals surface area contributed by atoms with Crippen LogP contribution in [0.1, 0.15) is 19.9 Å². The predicted molar refractivity (Wildman–Crippen MR) is 71.2 cm³/mol. The minimum atomic E-state index is 0.354. The Hall–Kier alpha value is -1.68. The molecule has 0 fully saturated rings. The molecular weight excluding hydrogens is 230 g/mol. The van der Waals surface area contributed by atoms with E-state index in [0.29, 0.717) is 6.04 Å². The molecule has 0 radical (unpaired) electrons. The summed E-state index contributed by atoms with van der Waals surface area (Å²) in [7, 11) is 0. The number of imidazole rings is 1. The van der Waals surface area contributed by atoms with Crippen molar-refractivity contribution >= 4 is 22.5 Å². The van der Waals surface area contributed by atoms with Crippen molar-refractivity contribution in [3.05, 3.63) is 35.8 Å². The molecule has 0 bridgehead atoms. The highest BCUT2D eigenvalue weighted by Gasteiger charge is 2.15. The first-order valence-electron chi connectivity index (χ1n) is 5.64. The molecule has 3 heterocycles. The number of hydrogen-bond donors (Lipinski definition) is 0. The van der Waals surface area contributed by atoms with Gasteiger partial charge in [-0.1, -0.05) is 6.07 Å². The van der Waals surface area contributed by atoms with E-state index in [2.05, 4.69) is 45.9 Å². The van der Waals surface area contributed by atoms with E-state index in [1.54, 1.807) is 11.3 Å². The van der Waals surface area contributed by atoms with Gasteiger partial charge in [0.1, 0.15) is 5.52 Å². The summed E-state index contributed by atoms with van der Waals surface area (Å²) < 4.78 is 2.20. The van der Waals surface area contributed by atoms with E-state index in [1.807, 2.05) is 18.3 Å². The number of thiophene rings is 1. The van der Waals surface area contributed by atoms with Crippen molar-refractivity contribution in [1.29, 1.82) is 0 Å². The Labute approximate surface area is 104 Å². The van der Waals surface area contributed by atoms with E-state index < -0.39 is 0 Å². The monoisotopic (exact) mass is 243 g/mol. The van der Waals surface area contributed by atoms with E-state index in [-0.39, 0.29) is 0 Å². The summed E-state index contributed by atoms with van der Waals surface area (Å²) in [6.07, 6.45) is 1.82. The summed E-state index contributed by atoms with van der Waals surface area (Å²) in [5.74, 6) is 1.02. The maximum Gasteiger partial charge on any atom is 0.160 e. The molecule has 0 unspecified atom stereocenters. The fourth-order valence-corrected chi connectivity index (χ4v) is 2.71. The van der Waals surface area contributed by atoms with Gasteiger partial charge in [0, 0.05) is 12.2 Å². The largest absolute Gasteiger partial charge is 0.305 e. The Morgan fingerprint density at radius 3 is 2.82 bits per heavy atom. The molecule has 3 rings (SSSR count). The van der Waals surface area contributed by atoms with Crippen LogP contribution in [0.2, 0.25) is 0 Å². The lowest BCUT2D eigenvalue weighted by atomic mass is 10.3. The highest BCUT2D eigenvalue weighted by atomic mass is 32.1. The molecule has 3 aromatic heterocycles. The van der Waals surface area contributed by atoms with Crippen LogP contribution in [-0.2, 0) is 0 Å². The molecule has 3 nitrogen and oxygen atoms in total. The first kappa shape index (κ1) is 10.5. The molecule has 3 aromatic rings. The number of nitrogens with zero attached hydrogens (tertiary/aromatic N) is 3. The SMILES string of the molecule is CC(C)n1c(-c2cccs2)nc2cccnc21. The molecule has 0 saturated heterocycles. The van der Waals surface area contributed by atoms with Gasteiger partial charge in [-0.2, -0.15) is 0 Å². The molecule has 0 aliphatic heterocycles. The first-order chi connectivity index (χ1) is 8.27. The summed E-state index contributed by atoms with van der Waals surface area (Å²) in [5.41, 5.74) is 1.93. The van der Waals surface area contributed by atoms with Gasteiger partial charge in [0.05, 0.1) is 4.88 Å². The van der Waals surface area contributed by atoms with Gasteiger partial charge in [-0.25, -0.2) is 9.97 Å². The lowest BCUT2D eigenvalue weighted by Crippen LogP contribution is -2.03. The highest BCUT2D eigenvalue weighted by molar-refractivity contribution is 7.13. The topological polar surface area (TPSA) is 30.7 Å². The lowest BCUT2D eigenvalue weighted by Gasteiger charge is -2.10. The molecule has 0 spiro atoms. The van der Waals surface area contributed by atoms with Gasteiger partial charge < -0.3 is 4.57 Å². The Kier molecular flexibility index (Phi) is 2.44. The Balaban J connectivity index is 2.34. The van der Waals surface area contributed by atoms with Gasteiger partial charge in [-0.15, -0.1) is 11.3 Å². The van der Waals surface area contributed by atoms with Gasteiger partial charge in [0.15, 0.2) is 11.5 Å². The molecule has 4 heteroatoms. The fraction of sp³-hybridized carbons (Fsp3) is 0.231. The quantitative estimate of drug-likeness (QED) is 0.686. The predicted octanol–water partition coefficient (Wildman–Crippen LogP) is 3.74. The standard InChI is InChI=1S/C13H13N3S/c1-9(2)16-12-10(5-3-7-14-12)15-13(16)11-6-4-8-17-11/h3-9H,1-2H3. The van der Waals surface area contributed by atoms with Gasteiger partial charge in [-0.05, 0) is 37.4 Å². The van der Waals surface area contributed by atoms with Gasteiger partial charge in [0.25, 0.3) is 0 Å². The molecule has 0 atom stereocenters. The maximum atomic E-state index is 4.69. The highest BCUT2D eigenvalue weighted by Crippen LogP contribution is 2.29. The minimum Gasteiger partial charge on any atom is -0.305 e. The zero-order valence-corrected chi connectivity index (χ0v) is 10.6. The molecule has 0 N–H and O–H groups in total. The summed E-state index contributed by atoms with van der Waals surface area (Å²) in [6, 6.07) is 8.45. The molecule has 0 aliphatic rings. The van der Waals surface area contributed by atoms with Crippen LogP contribution >= 0.6 is 11.3 Å². The van der Waals surface area contributed by atoms with E-state index >= 15 is 0 Å². The van der Waals surface area contributed by atoms with Crippen molar-refractivity contribution < 1.29 is 0 Å². The molecule has 0 amide bonds. The number of pyridine rings is 1. The average Bonchev–Trinajstić information content (AvgIpc) is 2.95. The van der Waals surface area contributed by atoms with Crippen molar-refractivity contribution in [2.75, 3.05) is 0 Å². The molecule has 0 aromatic carbocycles. The second-order valence-corrected chi connectivity index (χ2v) is 5.17. The van der Waals surface area contributed by atoms with Gasteiger partial charge in [-0.3, -0.25) is 0 Å². The summed E-state index contributed by atoms with van der Waals surface area (Å²) in [5, 5.41) is 2.08. The van der Waals surface area contributed by atoms with Crippen LogP contribution in [0.15, 0.2) is 35.8 Å². The average molecular weight is 243 g/mol. The van der Waals surface area contributed by atoms with Crippen molar-refractivity contribution in [3.63, 3.8) is 0 Å². The zero-order valence-electron chi connectivity index (χ0n) is 9.79. The fourth-order valence-electron chi connectivity index (χ4n) is 2.00. The summed E-state index contributed by atoms with van der Waals surface area (Å²) >= 11 is 1.71. The third-order valence-corrected chi connectivity index (χ3v) is 3.57. The Morgan fingerprint density at radius 2 is 2.12 bits per heavy atom. The third kappa shape index (κ3) is 1.65. The molecular formula is C13H13N3S.